The molecule has 130 valence electrons. The maximum absolute atomic E-state index is 12.4. The molecule has 1 heterocycles. The molecule has 1 atom stereocenters. The van der Waals surface area contributed by atoms with Crippen molar-refractivity contribution in [3.63, 3.8) is 0 Å². The molecular formula is C19H18O5S. The molecule has 1 fully saturated rings. The first-order valence-corrected chi connectivity index (χ1v) is 9.67. The number of hydrogen-bond acceptors (Lipinski definition) is 5. The number of esters is 1. The summed E-state index contributed by atoms with van der Waals surface area (Å²) in [5.41, 5.74) is 1.37. The topological polar surface area (TPSA) is 77.5 Å². The maximum Gasteiger partial charge on any atom is 0.310 e. The van der Waals surface area contributed by atoms with Crippen LogP contribution in [0.15, 0.2) is 59.5 Å². The van der Waals surface area contributed by atoms with Crippen molar-refractivity contribution in [2.75, 3.05) is 12.4 Å². The molecule has 1 saturated heterocycles. The molecule has 0 amide bonds. The van der Waals surface area contributed by atoms with Gasteiger partial charge in [-0.2, -0.15) is 0 Å². The van der Waals surface area contributed by atoms with E-state index in [9.17, 15) is 18.0 Å². The average Bonchev–Trinajstić information content (AvgIpc) is 3.00. The van der Waals surface area contributed by atoms with E-state index in [0.717, 1.165) is 5.56 Å². The Kier molecular flexibility index (Phi) is 4.99. The van der Waals surface area contributed by atoms with Crippen LogP contribution in [-0.4, -0.2) is 32.5 Å². The zero-order valence-electron chi connectivity index (χ0n) is 13.6. The number of carbonyl (C=O) groups is 2. The quantitative estimate of drug-likeness (QED) is 0.585. The number of ether oxygens (including phenoxy) is 1. The molecule has 25 heavy (non-hydrogen) atoms. The van der Waals surface area contributed by atoms with E-state index in [-0.39, 0.29) is 29.5 Å². The molecule has 0 aliphatic carbocycles. The molecule has 2 aromatic carbocycles. The Morgan fingerprint density at radius 3 is 2.32 bits per heavy atom. The van der Waals surface area contributed by atoms with Gasteiger partial charge in [0.05, 0.1) is 23.2 Å². The smallest absolute Gasteiger partial charge is 0.310 e. The van der Waals surface area contributed by atoms with Gasteiger partial charge in [0.1, 0.15) is 0 Å². The molecule has 1 aliphatic rings. The molecule has 5 nitrogen and oxygen atoms in total. The van der Waals surface area contributed by atoms with E-state index < -0.39 is 21.7 Å². The van der Waals surface area contributed by atoms with Gasteiger partial charge in [-0.3, -0.25) is 9.59 Å². The molecule has 0 bridgehead atoms. The van der Waals surface area contributed by atoms with E-state index in [1.165, 1.54) is 12.1 Å². The highest BCUT2D eigenvalue weighted by Crippen LogP contribution is 2.21. The first-order chi connectivity index (χ1) is 12.0. The number of carbonyl (C=O) groups excluding carboxylic acids is 2. The van der Waals surface area contributed by atoms with Crippen LogP contribution in [0.4, 0.5) is 0 Å². The Labute approximate surface area is 146 Å². The lowest BCUT2D eigenvalue weighted by molar-refractivity contribution is -0.140. The van der Waals surface area contributed by atoms with Crippen molar-refractivity contribution in [2.45, 2.75) is 17.7 Å². The Morgan fingerprint density at radius 1 is 1.04 bits per heavy atom. The highest BCUT2D eigenvalue weighted by Gasteiger charge is 2.32. The van der Waals surface area contributed by atoms with E-state index in [1.54, 1.807) is 36.4 Å². The van der Waals surface area contributed by atoms with Crippen molar-refractivity contribution in [2.24, 2.45) is 5.92 Å². The van der Waals surface area contributed by atoms with Gasteiger partial charge in [0, 0.05) is 12.0 Å². The largest absolute Gasteiger partial charge is 0.465 e. The number of hydrogen-bond donors (Lipinski definition) is 0. The second-order valence-electron chi connectivity index (χ2n) is 6.04. The molecule has 6 heteroatoms. The highest BCUT2D eigenvalue weighted by atomic mass is 32.2. The Morgan fingerprint density at radius 2 is 1.72 bits per heavy atom. The first kappa shape index (κ1) is 17.4. The van der Waals surface area contributed by atoms with E-state index in [0.29, 0.717) is 12.0 Å². The minimum absolute atomic E-state index is 0.0232. The predicted molar refractivity (Wildman–Crippen MR) is 92.0 cm³/mol. The van der Waals surface area contributed by atoms with Crippen molar-refractivity contribution in [1.29, 1.82) is 0 Å². The lowest BCUT2D eigenvalue weighted by Gasteiger charge is -2.08. The fourth-order valence-electron chi connectivity index (χ4n) is 2.78. The SMILES string of the molecule is O=C(Cc1ccc(S(=O)(=O)C[C@H]2CCOC2=O)cc1)c1ccccc1. The van der Waals surface area contributed by atoms with Gasteiger partial charge in [-0.1, -0.05) is 42.5 Å². The molecule has 1 aliphatic heterocycles. The van der Waals surface area contributed by atoms with Crippen LogP contribution < -0.4 is 0 Å². The molecular weight excluding hydrogens is 340 g/mol. The summed E-state index contributed by atoms with van der Waals surface area (Å²) < 4.78 is 29.6. The molecule has 0 unspecified atom stereocenters. The van der Waals surface area contributed by atoms with Gasteiger partial charge in [0.15, 0.2) is 15.6 Å². The van der Waals surface area contributed by atoms with Gasteiger partial charge in [-0.05, 0) is 24.1 Å². The predicted octanol–water partition coefficient (Wildman–Crippen LogP) is 2.45. The second-order valence-corrected chi connectivity index (χ2v) is 8.08. The summed E-state index contributed by atoms with van der Waals surface area (Å²) in [5.74, 6) is -1.31. The van der Waals surface area contributed by atoms with Crippen molar-refractivity contribution in [1.82, 2.24) is 0 Å². The third kappa shape index (κ3) is 4.14. The van der Waals surface area contributed by atoms with Crippen molar-refractivity contribution in [3.05, 3.63) is 65.7 Å². The number of sulfone groups is 1. The second kappa shape index (κ2) is 7.19. The fraction of sp³-hybridized carbons (Fsp3) is 0.263. The van der Waals surface area contributed by atoms with Crippen molar-refractivity contribution in [3.8, 4) is 0 Å². The number of Topliss-reactive ketones (excluding diaryl/α,β-unsaturated/α-hetero) is 1. The molecule has 0 spiro atoms. The summed E-state index contributed by atoms with van der Waals surface area (Å²) in [5, 5.41) is 0. The van der Waals surface area contributed by atoms with Crippen LogP contribution in [0.1, 0.15) is 22.3 Å². The van der Waals surface area contributed by atoms with Gasteiger partial charge in [-0.15, -0.1) is 0 Å². The third-order valence-electron chi connectivity index (χ3n) is 4.21. The van der Waals surface area contributed by atoms with E-state index in [1.807, 2.05) is 6.07 Å². The van der Waals surface area contributed by atoms with E-state index >= 15 is 0 Å². The van der Waals surface area contributed by atoms with Crippen LogP contribution in [0, 0.1) is 5.92 Å². The normalized spacial score (nSPS) is 17.3. The molecule has 3 rings (SSSR count). The van der Waals surface area contributed by atoms with Gasteiger partial charge in [0.2, 0.25) is 0 Å². The van der Waals surface area contributed by atoms with Gasteiger partial charge >= 0.3 is 5.97 Å². The van der Waals surface area contributed by atoms with Gasteiger partial charge in [0.25, 0.3) is 0 Å². The van der Waals surface area contributed by atoms with E-state index in [2.05, 4.69) is 0 Å². The summed E-state index contributed by atoms with van der Waals surface area (Å²) in [6, 6.07) is 15.2. The lowest BCUT2D eigenvalue weighted by Crippen LogP contribution is -2.20. The summed E-state index contributed by atoms with van der Waals surface area (Å²) in [4.78, 5) is 23.8. The standard InChI is InChI=1S/C19H18O5S/c20-18(15-4-2-1-3-5-15)12-14-6-8-17(9-7-14)25(22,23)13-16-10-11-24-19(16)21/h1-9,16H,10-13H2/t16-/m1/s1. The molecule has 0 N–H and O–H groups in total. The van der Waals surface area contributed by atoms with Crippen molar-refractivity contribution < 1.29 is 22.7 Å². The van der Waals surface area contributed by atoms with Gasteiger partial charge < -0.3 is 4.74 Å². The van der Waals surface area contributed by atoms with E-state index in [4.69, 9.17) is 4.74 Å². The number of rotatable bonds is 6. The number of cyclic esters (lactones) is 1. The summed E-state index contributed by atoms with van der Waals surface area (Å²) >= 11 is 0. The summed E-state index contributed by atoms with van der Waals surface area (Å²) in [7, 11) is -3.56. The van der Waals surface area contributed by atoms with Crippen LogP contribution in [-0.2, 0) is 25.8 Å². The Balaban J connectivity index is 1.69. The van der Waals surface area contributed by atoms with Crippen LogP contribution in [0.25, 0.3) is 0 Å². The van der Waals surface area contributed by atoms with Crippen LogP contribution in [0.3, 0.4) is 0 Å². The fourth-order valence-corrected chi connectivity index (χ4v) is 4.35. The lowest BCUT2D eigenvalue weighted by atomic mass is 10.0. The number of benzene rings is 2. The molecule has 0 aromatic heterocycles. The maximum atomic E-state index is 12.4. The molecule has 2 aromatic rings. The summed E-state index contributed by atoms with van der Waals surface area (Å²) in [6.07, 6.45) is 0.640. The number of ketones is 1. The third-order valence-corrected chi connectivity index (χ3v) is 6.04. The minimum Gasteiger partial charge on any atom is -0.465 e. The van der Waals surface area contributed by atoms with Gasteiger partial charge in [-0.25, -0.2) is 8.42 Å². The zero-order valence-corrected chi connectivity index (χ0v) is 14.4. The average molecular weight is 358 g/mol. The highest BCUT2D eigenvalue weighted by molar-refractivity contribution is 7.91. The van der Waals surface area contributed by atoms with Crippen LogP contribution in [0.2, 0.25) is 0 Å². The Hall–Kier alpha value is -2.47. The van der Waals surface area contributed by atoms with Crippen LogP contribution in [0.5, 0.6) is 0 Å². The monoisotopic (exact) mass is 358 g/mol. The van der Waals surface area contributed by atoms with Crippen LogP contribution >= 0.6 is 0 Å². The van der Waals surface area contributed by atoms with Crippen molar-refractivity contribution >= 4 is 21.6 Å². The Bertz CT molecular complexity index is 870. The minimum atomic E-state index is -3.56. The zero-order chi connectivity index (χ0) is 17.9. The summed E-state index contributed by atoms with van der Waals surface area (Å²) in [6.45, 7) is 0.277. The molecule has 0 radical (unpaired) electrons. The molecule has 0 saturated carbocycles. The first-order valence-electron chi connectivity index (χ1n) is 8.02.